The van der Waals surface area contributed by atoms with Crippen LogP contribution in [0.4, 0.5) is 0 Å². The molecule has 2 aromatic rings. The van der Waals surface area contributed by atoms with Gasteiger partial charge in [0.25, 0.3) is 0 Å². The summed E-state index contributed by atoms with van der Waals surface area (Å²) in [6, 6.07) is 5.00. The number of hydrogen-bond acceptors (Lipinski definition) is 5. The molecule has 1 aromatic heterocycles. The first-order valence-electron chi connectivity index (χ1n) is 6.96. The highest BCUT2D eigenvalue weighted by Crippen LogP contribution is 2.37. The van der Waals surface area contributed by atoms with Gasteiger partial charge in [0.05, 0.1) is 13.2 Å². The summed E-state index contributed by atoms with van der Waals surface area (Å²) in [5.74, 6) is -0.303. The van der Waals surface area contributed by atoms with Crippen molar-refractivity contribution in [3.8, 4) is 0 Å². The Morgan fingerprint density at radius 3 is 2.78 bits per heavy atom. The number of aromatic nitrogens is 3. The maximum absolute atomic E-state index is 11.4. The molecule has 0 aliphatic heterocycles. The van der Waals surface area contributed by atoms with Crippen molar-refractivity contribution in [2.45, 2.75) is 26.0 Å². The lowest BCUT2D eigenvalue weighted by Crippen LogP contribution is -2.41. The van der Waals surface area contributed by atoms with E-state index in [0.717, 1.165) is 0 Å². The van der Waals surface area contributed by atoms with Gasteiger partial charge in [0.1, 0.15) is 18.3 Å². The molecule has 1 unspecified atom stereocenters. The monoisotopic (exact) mass is 373 g/mol. The maximum Gasteiger partial charge on any atom is 0.156 e. The predicted molar refractivity (Wildman–Crippen MR) is 93.8 cm³/mol. The fourth-order valence-electron chi connectivity index (χ4n) is 2.29. The second-order valence-electron chi connectivity index (χ2n) is 5.35. The number of thiocarbonyl (C=S) groups is 1. The molecule has 0 aliphatic carbocycles. The molecule has 0 bridgehead atoms. The number of hydrogen-bond donors (Lipinski definition) is 1. The van der Waals surface area contributed by atoms with Crippen LogP contribution in [0.3, 0.4) is 0 Å². The zero-order chi connectivity index (χ0) is 17.0. The van der Waals surface area contributed by atoms with Crippen molar-refractivity contribution in [1.29, 1.82) is 0 Å². The van der Waals surface area contributed by atoms with Gasteiger partial charge in [0, 0.05) is 28.5 Å². The third-order valence-electron chi connectivity index (χ3n) is 3.62. The molecule has 0 radical (unpaired) electrons. The van der Waals surface area contributed by atoms with Gasteiger partial charge in [-0.05, 0) is 24.4 Å². The lowest BCUT2D eigenvalue weighted by molar-refractivity contribution is -0.0517. The van der Waals surface area contributed by atoms with Crippen LogP contribution in [0.2, 0.25) is 10.0 Å². The minimum Gasteiger partial charge on any atom is -0.487 e. The van der Waals surface area contributed by atoms with Crippen molar-refractivity contribution in [3.63, 3.8) is 0 Å². The Hall–Kier alpha value is -1.21. The summed E-state index contributed by atoms with van der Waals surface area (Å²) in [5.41, 5.74) is -0.766. The average molecular weight is 374 g/mol. The number of halogens is 2. The first kappa shape index (κ1) is 18.1. The molecule has 0 saturated heterocycles. The normalized spacial score (nSPS) is 15.0. The second-order valence-corrected chi connectivity index (χ2v) is 6.76. The van der Waals surface area contributed by atoms with Gasteiger partial charge in [0.15, 0.2) is 5.05 Å². The molecular weight excluding hydrogens is 357 g/mol. The fraction of sp³-hybridized carbons (Fsp3) is 0.400. The molecule has 0 fully saturated rings. The van der Waals surface area contributed by atoms with E-state index in [4.69, 9.17) is 40.2 Å². The summed E-state index contributed by atoms with van der Waals surface area (Å²) >= 11 is 17.2. The van der Waals surface area contributed by atoms with E-state index in [1.807, 2.05) is 6.92 Å². The summed E-state index contributed by atoms with van der Waals surface area (Å²) in [6.07, 6.45) is 2.94. The van der Waals surface area contributed by atoms with E-state index in [9.17, 15) is 5.11 Å². The third-order valence-corrected chi connectivity index (χ3v) is 4.28. The molecule has 1 heterocycles. The van der Waals surface area contributed by atoms with Gasteiger partial charge in [-0.3, -0.25) is 0 Å². The van der Waals surface area contributed by atoms with Crippen LogP contribution in [-0.4, -0.2) is 31.5 Å². The molecule has 124 valence electrons. The Kier molecular flexibility index (Phi) is 5.97. The van der Waals surface area contributed by atoms with Crippen LogP contribution < -0.4 is 0 Å². The SMILES string of the molecule is CC(=S)OCC(C)[C@@](O)(Cn1cncn1)c1ccc(Cl)cc1Cl. The molecule has 0 saturated carbocycles. The van der Waals surface area contributed by atoms with E-state index in [1.54, 1.807) is 29.8 Å². The Morgan fingerprint density at radius 2 is 2.22 bits per heavy atom. The molecule has 5 nitrogen and oxygen atoms in total. The zero-order valence-corrected chi connectivity index (χ0v) is 15.1. The molecule has 0 aliphatic rings. The van der Waals surface area contributed by atoms with Gasteiger partial charge in [-0.25, -0.2) is 9.67 Å². The fourth-order valence-corrected chi connectivity index (χ4v) is 2.93. The van der Waals surface area contributed by atoms with Crippen molar-refractivity contribution in [3.05, 3.63) is 46.5 Å². The minimum absolute atomic E-state index is 0.176. The summed E-state index contributed by atoms with van der Waals surface area (Å²) in [6.45, 7) is 3.97. The van der Waals surface area contributed by atoms with E-state index < -0.39 is 5.60 Å². The van der Waals surface area contributed by atoms with Gasteiger partial charge in [-0.15, -0.1) is 0 Å². The zero-order valence-electron chi connectivity index (χ0n) is 12.7. The van der Waals surface area contributed by atoms with Crippen LogP contribution in [0.5, 0.6) is 0 Å². The average Bonchev–Trinajstić information content (AvgIpc) is 2.97. The highest BCUT2D eigenvalue weighted by molar-refractivity contribution is 7.80. The largest absolute Gasteiger partial charge is 0.487 e. The van der Waals surface area contributed by atoms with Crippen LogP contribution in [0.1, 0.15) is 19.4 Å². The maximum atomic E-state index is 11.4. The molecule has 1 aromatic carbocycles. The molecular formula is C15H17Cl2N3O2S. The number of ether oxygens (including phenoxy) is 1. The number of rotatable bonds is 6. The topological polar surface area (TPSA) is 60.2 Å². The van der Waals surface area contributed by atoms with E-state index in [-0.39, 0.29) is 19.1 Å². The highest BCUT2D eigenvalue weighted by atomic mass is 35.5. The molecule has 2 atom stereocenters. The van der Waals surface area contributed by atoms with Crippen LogP contribution in [0.25, 0.3) is 0 Å². The summed E-state index contributed by atoms with van der Waals surface area (Å²) < 4.78 is 6.96. The minimum atomic E-state index is -1.32. The van der Waals surface area contributed by atoms with Crippen molar-refractivity contribution < 1.29 is 9.84 Å². The Balaban J connectivity index is 2.38. The first-order valence-corrected chi connectivity index (χ1v) is 8.13. The van der Waals surface area contributed by atoms with E-state index in [2.05, 4.69) is 10.1 Å². The van der Waals surface area contributed by atoms with Crippen LogP contribution in [0, 0.1) is 5.92 Å². The van der Waals surface area contributed by atoms with E-state index in [1.165, 1.54) is 12.7 Å². The highest BCUT2D eigenvalue weighted by Gasteiger charge is 2.39. The van der Waals surface area contributed by atoms with Gasteiger partial charge in [-0.1, -0.05) is 36.2 Å². The van der Waals surface area contributed by atoms with E-state index >= 15 is 0 Å². The number of nitrogens with zero attached hydrogens (tertiary/aromatic N) is 3. The van der Waals surface area contributed by atoms with Crippen LogP contribution in [0.15, 0.2) is 30.9 Å². The van der Waals surface area contributed by atoms with Crippen molar-refractivity contribution in [1.82, 2.24) is 14.8 Å². The van der Waals surface area contributed by atoms with Gasteiger partial charge in [-0.2, -0.15) is 5.10 Å². The van der Waals surface area contributed by atoms with Crippen LogP contribution in [-0.2, 0) is 16.9 Å². The lowest BCUT2D eigenvalue weighted by atomic mass is 9.82. The van der Waals surface area contributed by atoms with Crippen molar-refractivity contribution >= 4 is 40.5 Å². The molecule has 0 spiro atoms. The Labute approximate surface area is 150 Å². The Bertz CT molecular complexity index is 681. The van der Waals surface area contributed by atoms with Gasteiger partial charge >= 0.3 is 0 Å². The van der Waals surface area contributed by atoms with Gasteiger partial charge in [0.2, 0.25) is 0 Å². The summed E-state index contributed by atoms with van der Waals surface area (Å²) in [5, 5.41) is 16.7. The summed E-state index contributed by atoms with van der Waals surface area (Å²) in [4.78, 5) is 3.90. The smallest absolute Gasteiger partial charge is 0.156 e. The molecule has 8 heteroatoms. The van der Waals surface area contributed by atoms with Gasteiger partial charge < -0.3 is 9.84 Å². The first-order chi connectivity index (χ1) is 10.8. The molecule has 23 heavy (non-hydrogen) atoms. The Morgan fingerprint density at radius 1 is 1.48 bits per heavy atom. The lowest BCUT2D eigenvalue weighted by Gasteiger charge is -2.35. The number of aliphatic hydroxyl groups is 1. The van der Waals surface area contributed by atoms with Crippen LogP contribution >= 0.6 is 35.4 Å². The summed E-state index contributed by atoms with van der Waals surface area (Å²) in [7, 11) is 0. The van der Waals surface area contributed by atoms with E-state index in [0.29, 0.717) is 20.7 Å². The molecule has 0 amide bonds. The molecule has 1 N–H and O–H groups in total. The number of benzene rings is 1. The standard InChI is InChI=1S/C15H17Cl2N3O2S/c1-10(6-22-11(2)23)15(21,7-20-9-18-8-19-20)13-4-3-12(16)5-14(13)17/h3-5,8-10,21H,6-7H2,1-2H3/t10?,15-/m0/s1. The third kappa shape index (κ3) is 4.41. The second kappa shape index (κ2) is 7.57. The predicted octanol–water partition coefficient (Wildman–Crippen LogP) is 3.47. The molecule has 2 rings (SSSR count). The quantitative estimate of drug-likeness (QED) is 0.785. The van der Waals surface area contributed by atoms with Crippen molar-refractivity contribution in [2.24, 2.45) is 5.92 Å². The van der Waals surface area contributed by atoms with Crippen molar-refractivity contribution in [2.75, 3.05) is 6.61 Å².